The Morgan fingerprint density at radius 1 is 1.41 bits per heavy atom. The number of amides is 2. The molecule has 116 valence electrons. The van der Waals surface area contributed by atoms with Crippen molar-refractivity contribution in [2.45, 2.75) is 11.1 Å². The van der Waals surface area contributed by atoms with Gasteiger partial charge in [-0.3, -0.25) is 14.9 Å². The highest BCUT2D eigenvalue weighted by Gasteiger charge is 2.15. The van der Waals surface area contributed by atoms with E-state index in [9.17, 15) is 9.59 Å². The summed E-state index contributed by atoms with van der Waals surface area (Å²) < 4.78 is 0.830. The van der Waals surface area contributed by atoms with Crippen LogP contribution in [0.1, 0.15) is 16.1 Å². The summed E-state index contributed by atoms with van der Waals surface area (Å²) >= 11 is 14.4. The average Bonchev–Trinajstić information content (AvgIpc) is 2.76. The second kappa shape index (κ2) is 7.32. The minimum absolute atomic E-state index is 0.166. The molecule has 2 aromatic rings. The van der Waals surface area contributed by atoms with Crippen LogP contribution in [0.5, 0.6) is 0 Å². The van der Waals surface area contributed by atoms with Crippen molar-refractivity contribution in [1.82, 2.24) is 4.98 Å². The van der Waals surface area contributed by atoms with E-state index in [1.54, 1.807) is 19.1 Å². The normalized spacial score (nSPS) is 10.5. The van der Waals surface area contributed by atoms with Crippen LogP contribution in [0.4, 0.5) is 5.13 Å². The Hall–Kier alpha value is -1.28. The first-order valence-corrected chi connectivity index (χ1v) is 8.57. The van der Waals surface area contributed by atoms with E-state index in [2.05, 4.69) is 10.3 Å². The number of hydrogen-bond acceptors (Lipinski definition) is 5. The lowest BCUT2D eigenvalue weighted by molar-refractivity contribution is -0.115. The first kappa shape index (κ1) is 17.1. The first-order chi connectivity index (χ1) is 10.4. The molecular formula is C13H11Cl2N3O2S2. The fraction of sp³-hybridized carbons (Fsp3) is 0.154. The summed E-state index contributed by atoms with van der Waals surface area (Å²) in [5, 5.41) is 3.83. The second-order valence-corrected chi connectivity index (χ2v) is 7.31. The molecule has 0 saturated carbocycles. The number of benzene rings is 1. The predicted octanol–water partition coefficient (Wildman–Crippen LogP) is 3.59. The molecule has 1 heterocycles. The van der Waals surface area contributed by atoms with Crippen LogP contribution < -0.4 is 11.1 Å². The number of carbonyl (C=O) groups excluding carboxylic acids is 2. The maximum atomic E-state index is 12.2. The van der Waals surface area contributed by atoms with E-state index < -0.39 is 5.91 Å². The molecule has 3 N–H and O–H groups in total. The number of primary amides is 1. The molecule has 9 heteroatoms. The summed E-state index contributed by atoms with van der Waals surface area (Å²) in [6, 6.07) is 4.63. The zero-order valence-electron chi connectivity index (χ0n) is 11.4. The number of aromatic nitrogens is 1. The fourth-order valence-corrected chi connectivity index (χ4v) is 3.91. The summed E-state index contributed by atoms with van der Waals surface area (Å²) in [4.78, 5) is 27.2. The van der Waals surface area contributed by atoms with Crippen molar-refractivity contribution in [2.75, 3.05) is 11.1 Å². The number of thiazole rings is 1. The van der Waals surface area contributed by atoms with Gasteiger partial charge in [-0.1, -0.05) is 34.5 Å². The molecule has 22 heavy (non-hydrogen) atoms. The molecule has 1 aromatic heterocycles. The highest BCUT2D eigenvalue weighted by Crippen LogP contribution is 2.32. The maximum absolute atomic E-state index is 12.2. The molecule has 0 unspecified atom stereocenters. The SMILES string of the molecule is Cc1nc(NC(=O)c2ccc(Cl)cc2Cl)sc1SCC(N)=O. The van der Waals surface area contributed by atoms with Gasteiger partial charge in [0.1, 0.15) is 0 Å². The van der Waals surface area contributed by atoms with Gasteiger partial charge >= 0.3 is 0 Å². The molecule has 0 radical (unpaired) electrons. The molecule has 0 aliphatic carbocycles. The monoisotopic (exact) mass is 375 g/mol. The van der Waals surface area contributed by atoms with Crippen molar-refractivity contribution >= 4 is 63.2 Å². The predicted molar refractivity (Wildman–Crippen MR) is 91.2 cm³/mol. The summed E-state index contributed by atoms with van der Waals surface area (Å²) in [5.74, 6) is -0.613. The lowest BCUT2D eigenvalue weighted by Crippen LogP contribution is -2.12. The minimum Gasteiger partial charge on any atom is -0.369 e. The van der Waals surface area contributed by atoms with E-state index in [1.165, 1.54) is 29.2 Å². The second-order valence-electron chi connectivity index (χ2n) is 4.23. The molecule has 0 spiro atoms. The van der Waals surface area contributed by atoms with Crippen molar-refractivity contribution in [3.63, 3.8) is 0 Å². The number of nitrogens with one attached hydrogen (secondary N) is 1. The number of hydrogen-bond donors (Lipinski definition) is 2. The summed E-state index contributed by atoms with van der Waals surface area (Å²) in [7, 11) is 0. The van der Waals surface area contributed by atoms with Gasteiger partial charge in [0.15, 0.2) is 5.13 Å². The highest BCUT2D eigenvalue weighted by molar-refractivity contribution is 8.01. The summed E-state index contributed by atoms with van der Waals surface area (Å²) in [5.41, 5.74) is 6.15. The van der Waals surface area contributed by atoms with Crippen LogP contribution in [0.3, 0.4) is 0 Å². The Balaban J connectivity index is 2.11. The van der Waals surface area contributed by atoms with Gasteiger partial charge in [-0.05, 0) is 25.1 Å². The Morgan fingerprint density at radius 2 is 2.14 bits per heavy atom. The van der Waals surface area contributed by atoms with Crippen LogP contribution in [-0.4, -0.2) is 22.6 Å². The minimum atomic E-state index is -0.406. The van der Waals surface area contributed by atoms with Gasteiger partial charge in [0.25, 0.3) is 5.91 Å². The van der Waals surface area contributed by atoms with E-state index >= 15 is 0 Å². The van der Waals surface area contributed by atoms with Crippen LogP contribution in [0, 0.1) is 6.92 Å². The number of halogens is 2. The van der Waals surface area contributed by atoms with Crippen molar-refractivity contribution in [1.29, 1.82) is 0 Å². The first-order valence-electron chi connectivity index (χ1n) is 6.01. The van der Waals surface area contributed by atoms with Crippen molar-refractivity contribution in [3.8, 4) is 0 Å². The van der Waals surface area contributed by atoms with E-state index in [1.807, 2.05) is 0 Å². The zero-order valence-corrected chi connectivity index (χ0v) is 14.5. The number of nitrogens with zero attached hydrogens (tertiary/aromatic N) is 1. The third-order valence-electron chi connectivity index (χ3n) is 2.50. The lowest BCUT2D eigenvalue weighted by atomic mass is 10.2. The number of anilines is 1. The van der Waals surface area contributed by atoms with Crippen LogP contribution in [0.2, 0.25) is 10.0 Å². The number of nitrogens with two attached hydrogens (primary N) is 1. The quantitative estimate of drug-likeness (QED) is 0.781. The number of thioether (sulfide) groups is 1. The molecular weight excluding hydrogens is 365 g/mol. The molecule has 0 fully saturated rings. The topological polar surface area (TPSA) is 85.1 Å². The van der Waals surface area contributed by atoms with Crippen LogP contribution in [0.15, 0.2) is 22.4 Å². The van der Waals surface area contributed by atoms with Gasteiger partial charge in [0.2, 0.25) is 5.91 Å². The fourth-order valence-electron chi connectivity index (χ4n) is 1.54. The Morgan fingerprint density at radius 3 is 2.77 bits per heavy atom. The Bertz CT molecular complexity index is 734. The van der Waals surface area contributed by atoms with Gasteiger partial charge in [-0.25, -0.2) is 4.98 Å². The lowest BCUT2D eigenvalue weighted by Gasteiger charge is -2.04. The van der Waals surface area contributed by atoms with Gasteiger partial charge in [-0.15, -0.1) is 11.8 Å². The smallest absolute Gasteiger partial charge is 0.258 e. The van der Waals surface area contributed by atoms with Gasteiger partial charge in [-0.2, -0.15) is 0 Å². The van der Waals surface area contributed by atoms with E-state index in [4.69, 9.17) is 28.9 Å². The van der Waals surface area contributed by atoms with E-state index in [0.29, 0.717) is 15.7 Å². The summed E-state index contributed by atoms with van der Waals surface area (Å²) in [6.07, 6.45) is 0. The van der Waals surface area contributed by atoms with E-state index in [0.717, 1.165) is 9.90 Å². The highest BCUT2D eigenvalue weighted by atomic mass is 35.5. The van der Waals surface area contributed by atoms with Crippen LogP contribution >= 0.6 is 46.3 Å². The standard InChI is InChI=1S/C13H11Cl2N3O2S2/c1-6-12(21-5-10(16)19)22-13(17-6)18-11(20)8-3-2-7(14)4-9(8)15/h2-4H,5H2,1H3,(H2,16,19)(H,17,18,20). The van der Waals surface area contributed by atoms with Crippen molar-refractivity contribution in [3.05, 3.63) is 39.5 Å². The van der Waals surface area contributed by atoms with Crippen LogP contribution in [-0.2, 0) is 4.79 Å². The number of rotatable bonds is 5. The molecule has 0 atom stereocenters. The Kier molecular flexibility index (Phi) is 5.69. The molecule has 0 aliphatic heterocycles. The zero-order chi connectivity index (χ0) is 16.3. The van der Waals surface area contributed by atoms with Gasteiger partial charge in [0.05, 0.1) is 26.2 Å². The third kappa shape index (κ3) is 4.36. The Labute approximate surface area is 145 Å². The molecule has 0 bridgehead atoms. The third-order valence-corrected chi connectivity index (χ3v) is 5.50. The average molecular weight is 376 g/mol. The maximum Gasteiger partial charge on any atom is 0.258 e. The summed E-state index contributed by atoms with van der Waals surface area (Å²) in [6.45, 7) is 1.80. The molecule has 0 aliphatic rings. The van der Waals surface area contributed by atoms with E-state index in [-0.39, 0.29) is 16.7 Å². The van der Waals surface area contributed by atoms with Crippen molar-refractivity contribution < 1.29 is 9.59 Å². The van der Waals surface area contributed by atoms with Gasteiger partial charge < -0.3 is 5.73 Å². The molecule has 2 rings (SSSR count). The van der Waals surface area contributed by atoms with Gasteiger partial charge in [0, 0.05) is 5.02 Å². The molecule has 0 saturated heterocycles. The number of aryl methyl sites for hydroxylation is 1. The molecule has 2 amide bonds. The molecule has 5 nitrogen and oxygen atoms in total. The molecule has 1 aromatic carbocycles. The van der Waals surface area contributed by atoms with Crippen molar-refractivity contribution in [2.24, 2.45) is 5.73 Å². The van der Waals surface area contributed by atoms with Crippen LogP contribution in [0.25, 0.3) is 0 Å². The number of carbonyl (C=O) groups is 2. The largest absolute Gasteiger partial charge is 0.369 e.